The van der Waals surface area contributed by atoms with Crippen molar-refractivity contribution in [3.8, 4) is 0 Å². The van der Waals surface area contributed by atoms with Crippen LogP contribution in [-0.2, 0) is 9.59 Å². The lowest BCUT2D eigenvalue weighted by Gasteiger charge is -2.62. The fourth-order valence-electron chi connectivity index (χ4n) is 7.26. The van der Waals surface area contributed by atoms with Gasteiger partial charge < -0.3 is 15.3 Å². The van der Waals surface area contributed by atoms with Crippen molar-refractivity contribution in [2.45, 2.75) is 63.8 Å². The molecule has 8 atom stereocenters. The second-order valence-electron chi connectivity index (χ2n) is 9.75. The van der Waals surface area contributed by atoms with Gasteiger partial charge in [-0.05, 0) is 56.6 Å². The van der Waals surface area contributed by atoms with Gasteiger partial charge in [-0.25, -0.2) is 4.39 Å². The van der Waals surface area contributed by atoms with E-state index in [1.165, 1.54) is 12.2 Å². The van der Waals surface area contributed by atoms with E-state index in [4.69, 9.17) is 0 Å². The minimum atomic E-state index is -1.98. The maximum atomic E-state index is 16.9. The molecule has 5 nitrogen and oxygen atoms in total. The number of halogens is 1. The molecule has 4 aliphatic carbocycles. The Kier molecular flexibility index (Phi) is 4.15. The fraction of sp³-hybridized carbons (Fsp3) is 0.727. The molecule has 154 valence electrons. The number of carbonyl (C=O) groups excluding carboxylic acids is 2. The van der Waals surface area contributed by atoms with Gasteiger partial charge in [0, 0.05) is 16.7 Å². The Labute approximate surface area is 165 Å². The third-order valence-electron chi connectivity index (χ3n) is 8.79. The van der Waals surface area contributed by atoms with Crippen LogP contribution in [0.3, 0.4) is 0 Å². The highest BCUT2D eigenvalue weighted by atomic mass is 19.1. The van der Waals surface area contributed by atoms with Crippen molar-refractivity contribution in [1.82, 2.24) is 0 Å². The van der Waals surface area contributed by atoms with Crippen LogP contribution in [0.25, 0.3) is 0 Å². The summed E-state index contributed by atoms with van der Waals surface area (Å²) in [4.78, 5) is 24.4. The van der Waals surface area contributed by atoms with Crippen LogP contribution in [0, 0.1) is 28.6 Å². The van der Waals surface area contributed by atoms with Crippen LogP contribution in [0.5, 0.6) is 0 Å². The second-order valence-corrected chi connectivity index (χ2v) is 9.75. The first-order valence-electron chi connectivity index (χ1n) is 10.1. The molecule has 4 rings (SSSR count). The van der Waals surface area contributed by atoms with Crippen molar-refractivity contribution in [2.24, 2.45) is 28.6 Å². The molecule has 3 N–H and O–H groups in total. The lowest BCUT2D eigenvalue weighted by Crippen LogP contribution is -2.69. The van der Waals surface area contributed by atoms with Crippen molar-refractivity contribution in [2.75, 3.05) is 6.61 Å². The first-order chi connectivity index (χ1) is 13.0. The van der Waals surface area contributed by atoms with Gasteiger partial charge in [0.2, 0.25) is 0 Å². The van der Waals surface area contributed by atoms with Gasteiger partial charge in [0.05, 0.1) is 6.10 Å². The van der Waals surface area contributed by atoms with E-state index in [0.717, 1.165) is 0 Å². The average Bonchev–Trinajstić information content (AvgIpc) is 2.84. The van der Waals surface area contributed by atoms with Crippen LogP contribution >= 0.6 is 0 Å². The summed E-state index contributed by atoms with van der Waals surface area (Å²) in [6, 6.07) is 0. The third kappa shape index (κ3) is 2.01. The van der Waals surface area contributed by atoms with Crippen LogP contribution in [0.15, 0.2) is 23.8 Å². The van der Waals surface area contributed by atoms with Crippen molar-refractivity contribution in [1.29, 1.82) is 0 Å². The first kappa shape index (κ1) is 19.9. The van der Waals surface area contributed by atoms with E-state index in [2.05, 4.69) is 0 Å². The van der Waals surface area contributed by atoms with E-state index < -0.39 is 52.4 Å². The number of hydrogen-bond acceptors (Lipinski definition) is 5. The molecule has 0 bridgehead atoms. The second kappa shape index (κ2) is 5.83. The molecule has 0 aromatic carbocycles. The van der Waals surface area contributed by atoms with Crippen molar-refractivity contribution in [3.63, 3.8) is 0 Å². The van der Waals surface area contributed by atoms with Gasteiger partial charge in [-0.1, -0.05) is 25.5 Å². The Morgan fingerprint density at radius 1 is 1.36 bits per heavy atom. The molecule has 0 saturated heterocycles. The molecule has 0 heterocycles. The Bertz CT molecular complexity index is 811. The number of rotatable bonds is 2. The van der Waals surface area contributed by atoms with E-state index in [1.54, 1.807) is 26.8 Å². The molecule has 3 fully saturated rings. The molecular weight excluding hydrogens is 363 g/mol. The predicted molar refractivity (Wildman–Crippen MR) is 101 cm³/mol. The number of aliphatic hydroxyl groups excluding tert-OH is 2. The van der Waals surface area contributed by atoms with Gasteiger partial charge in [-0.15, -0.1) is 0 Å². The first-order valence-corrected chi connectivity index (χ1v) is 10.1. The molecule has 0 aromatic heterocycles. The summed E-state index contributed by atoms with van der Waals surface area (Å²) in [5.41, 5.74) is -5.17. The monoisotopic (exact) mass is 393 g/mol. The van der Waals surface area contributed by atoms with Crippen molar-refractivity contribution in [3.05, 3.63) is 23.8 Å². The molecule has 3 saturated carbocycles. The number of hydrogen-bond donors (Lipinski definition) is 3. The average molecular weight is 393 g/mol. The molecule has 0 unspecified atom stereocenters. The normalized spacial score (nSPS) is 52.5. The molecule has 0 amide bonds. The smallest absolute Gasteiger partial charge is 0.390 e. The van der Waals surface area contributed by atoms with Gasteiger partial charge in [0.1, 0.15) is 12.2 Å². The molecule has 4 aliphatic rings. The summed E-state index contributed by atoms with van der Waals surface area (Å²) < 4.78 is 16.9. The highest BCUT2D eigenvalue weighted by Crippen LogP contribution is 2.70. The number of alkyl halides is 1. The van der Waals surface area contributed by atoms with Gasteiger partial charge in [-0.3, -0.25) is 9.59 Å². The third-order valence-corrected chi connectivity index (χ3v) is 8.79. The van der Waals surface area contributed by atoms with Crippen LogP contribution in [0.1, 0.15) is 47.9 Å². The Hall–Kier alpha value is -1.37. The number of carbonyl (C=O) groups is 2. The maximum absolute atomic E-state index is 16.9. The van der Waals surface area contributed by atoms with Gasteiger partial charge in [-0.2, -0.15) is 0 Å². The minimum absolute atomic E-state index is 0. The maximum Gasteiger partial charge on any atom is 1.00 e. The van der Waals surface area contributed by atoms with Crippen LogP contribution in [-0.4, -0.2) is 50.9 Å². The Morgan fingerprint density at radius 3 is 2.68 bits per heavy atom. The molecule has 0 radical (unpaired) electrons. The van der Waals surface area contributed by atoms with Crippen molar-refractivity contribution >= 4 is 11.6 Å². The highest BCUT2D eigenvalue weighted by molar-refractivity contribution is 6.01. The molecule has 28 heavy (non-hydrogen) atoms. The summed E-state index contributed by atoms with van der Waals surface area (Å²) >= 11 is 0. The Balaban J connectivity index is 0.00000240. The van der Waals surface area contributed by atoms with Gasteiger partial charge >= 0.3 is 1.43 Å². The zero-order valence-corrected chi connectivity index (χ0v) is 16.6. The minimum Gasteiger partial charge on any atom is -0.390 e. The van der Waals surface area contributed by atoms with Gasteiger partial charge in [0.15, 0.2) is 17.2 Å². The standard InChI is InChI=1S/C22H29FO5/c1-12-8-16-15-5-4-13-9-14(25)6-7-19(13,2)21(15,23)17(26)10-20(16,3)22(12,28)18(27)11-24/h6-7,9,12,15-17,24,26,28H,4-5,8,10-11H2,1-3H3/p+1/t12-,15+,16+,17+,19+,20+,21+,22+/m1/s1. The lowest BCUT2D eigenvalue weighted by atomic mass is 9.44. The highest BCUT2D eigenvalue weighted by Gasteiger charge is 2.75. The number of allylic oxidation sites excluding steroid dienone is 4. The van der Waals surface area contributed by atoms with E-state index in [0.29, 0.717) is 24.8 Å². The number of ketones is 2. The number of Topliss-reactive ketones (excluding diaryl/α,β-unsaturated/α-hetero) is 1. The summed E-state index contributed by atoms with van der Waals surface area (Å²) in [5, 5.41) is 32.0. The van der Waals surface area contributed by atoms with E-state index >= 15 is 4.39 Å². The summed E-state index contributed by atoms with van der Waals surface area (Å²) in [5.74, 6) is -2.12. The summed E-state index contributed by atoms with van der Waals surface area (Å²) in [6.45, 7) is 4.48. The summed E-state index contributed by atoms with van der Waals surface area (Å²) in [7, 11) is 0. The zero-order valence-electron chi connectivity index (χ0n) is 17.6. The van der Waals surface area contributed by atoms with E-state index in [1.807, 2.05) is 0 Å². The zero-order chi connectivity index (χ0) is 20.7. The fourth-order valence-corrected chi connectivity index (χ4v) is 7.26. The largest absolute Gasteiger partial charge is 1.00 e. The lowest BCUT2D eigenvalue weighted by molar-refractivity contribution is -0.219. The van der Waals surface area contributed by atoms with Crippen LogP contribution < -0.4 is 0 Å². The van der Waals surface area contributed by atoms with E-state index in [-0.39, 0.29) is 19.5 Å². The molecule has 6 heteroatoms. The molecule has 0 aromatic rings. The SMILES string of the molecule is C[C@@H]1C[C@H]2[C@@H]3CCC4=CC(=O)C=C[C@]4(C)[C@@]3(F)[C@@H](O)C[C@]2(C)[C@@]1(O)C(=O)CO.[H+]. The Morgan fingerprint density at radius 2 is 2.04 bits per heavy atom. The number of fused-ring (bicyclic) bond motifs is 5. The predicted octanol–water partition coefficient (Wildman–Crippen LogP) is 2.01. The van der Waals surface area contributed by atoms with E-state index in [9.17, 15) is 24.9 Å². The topological polar surface area (TPSA) is 94.8 Å². The molecule has 0 aliphatic heterocycles. The van der Waals surface area contributed by atoms with Crippen LogP contribution in [0.4, 0.5) is 4.39 Å². The van der Waals surface area contributed by atoms with Crippen molar-refractivity contribution < 1.29 is 30.7 Å². The molecular formula is C22H30FO5+. The van der Waals surface area contributed by atoms with Gasteiger partial charge in [0.25, 0.3) is 0 Å². The quantitative estimate of drug-likeness (QED) is 0.667. The summed E-state index contributed by atoms with van der Waals surface area (Å²) in [6.07, 6.45) is 4.44. The molecule has 0 spiro atoms. The van der Waals surface area contributed by atoms with Crippen LogP contribution in [0.2, 0.25) is 0 Å². The number of aliphatic hydroxyl groups is 3.